The van der Waals surface area contributed by atoms with Crippen LogP contribution >= 0.6 is 0 Å². The van der Waals surface area contributed by atoms with Crippen molar-refractivity contribution in [3.8, 4) is 22.6 Å². The molecule has 0 spiro atoms. The van der Waals surface area contributed by atoms with Crippen molar-refractivity contribution < 1.29 is 18.7 Å². The molecular weight excluding hydrogens is 390 g/mol. The molecule has 5 nitrogen and oxygen atoms in total. The number of methoxy groups -OCH3 is 2. The monoisotopic (exact) mass is 419 g/mol. The second-order valence-corrected chi connectivity index (χ2v) is 8.05. The number of carbonyl (C=O) groups is 1. The van der Waals surface area contributed by atoms with Gasteiger partial charge in [0.2, 0.25) is 5.91 Å². The Hall–Kier alpha value is -3.21. The van der Waals surface area contributed by atoms with E-state index in [-0.39, 0.29) is 5.91 Å². The van der Waals surface area contributed by atoms with Crippen molar-refractivity contribution in [3.05, 3.63) is 53.8 Å². The molecule has 5 heteroatoms. The summed E-state index contributed by atoms with van der Waals surface area (Å²) in [6.07, 6.45) is 6.86. The number of fused-ring (bicyclic) bond motifs is 1. The van der Waals surface area contributed by atoms with E-state index in [2.05, 4.69) is 6.07 Å². The molecule has 4 rings (SSSR count). The third kappa shape index (κ3) is 4.05. The van der Waals surface area contributed by atoms with Crippen LogP contribution in [0.15, 0.2) is 47.1 Å². The number of piperidine rings is 1. The van der Waals surface area contributed by atoms with Crippen molar-refractivity contribution in [1.29, 1.82) is 0 Å². The Morgan fingerprint density at radius 2 is 1.87 bits per heavy atom. The molecule has 0 N–H and O–H groups in total. The first kappa shape index (κ1) is 21.0. The number of furan rings is 1. The fourth-order valence-electron chi connectivity index (χ4n) is 4.35. The molecule has 1 amide bonds. The molecule has 1 fully saturated rings. The third-order valence-electron chi connectivity index (χ3n) is 6.06. The Balaban J connectivity index is 1.80. The molecule has 0 bridgehead atoms. The second-order valence-electron chi connectivity index (χ2n) is 8.05. The minimum atomic E-state index is 0.0669. The predicted octanol–water partition coefficient (Wildman–Crippen LogP) is 5.84. The van der Waals surface area contributed by atoms with Crippen molar-refractivity contribution in [2.24, 2.45) is 0 Å². The number of carbonyl (C=O) groups excluding carboxylic acids is 1. The molecule has 2 heterocycles. The number of amides is 1. The smallest absolute Gasteiger partial charge is 0.246 e. The summed E-state index contributed by atoms with van der Waals surface area (Å²) in [7, 11) is 3.32. The first-order valence-electron chi connectivity index (χ1n) is 10.7. The molecule has 1 aliphatic rings. The van der Waals surface area contributed by atoms with Crippen molar-refractivity contribution in [2.75, 3.05) is 27.3 Å². The van der Waals surface area contributed by atoms with Gasteiger partial charge < -0.3 is 18.8 Å². The molecule has 31 heavy (non-hydrogen) atoms. The van der Waals surface area contributed by atoms with Gasteiger partial charge in [0.1, 0.15) is 17.1 Å². The largest absolute Gasteiger partial charge is 0.497 e. The average molecular weight is 420 g/mol. The number of benzene rings is 2. The van der Waals surface area contributed by atoms with Crippen LogP contribution in [0.3, 0.4) is 0 Å². The lowest BCUT2D eigenvalue weighted by atomic mass is 9.96. The molecule has 1 aromatic heterocycles. The highest BCUT2D eigenvalue weighted by atomic mass is 16.5. The third-order valence-corrected chi connectivity index (χ3v) is 6.06. The molecule has 0 atom stereocenters. The highest BCUT2D eigenvalue weighted by Crippen LogP contribution is 2.41. The summed E-state index contributed by atoms with van der Waals surface area (Å²) in [5.41, 5.74) is 5.49. The summed E-state index contributed by atoms with van der Waals surface area (Å²) in [5.74, 6) is 1.59. The van der Waals surface area contributed by atoms with E-state index < -0.39 is 0 Å². The SMILES string of the molecule is COc1cccc(-c2coc3c(C)c(OC)c(/C(C)=C/C(=O)N4CCCCC4)cc23)c1. The zero-order valence-electron chi connectivity index (χ0n) is 18.7. The van der Waals surface area contributed by atoms with Gasteiger partial charge in [0.25, 0.3) is 0 Å². The van der Waals surface area contributed by atoms with Gasteiger partial charge in [-0.25, -0.2) is 0 Å². The van der Waals surface area contributed by atoms with Crippen LogP contribution < -0.4 is 9.47 Å². The number of likely N-dealkylation sites (tertiary alicyclic amines) is 1. The van der Waals surface area contributed by atoms with Gasteiger partial charge in [-0.05, 0) is 62.4 Å². The number of rotatable bonds is 5. The van der Waals surface area contributed by atoms with Crippen LogP contribution in [0.1, 0.15) is 37.3 Å². The average Bonchev–Trinajstić information content (AvgIpc) is 3.24. The second kappa shape index (κ2) is 8.88. The lowest BCUT2D eigenvalue weighted by Crippen LogP contribution is -2.34. The van der Waals surface area contributed by atoms with Gasteiger partial charge in [0.15, 0.2) is 0 Å². The number of ether oxygens (including phenoxy) is 2. The number of hydrogen-bond donors (Lipinski definition) is 0. The first-order valence-corrected chi connectivity index (χ1v) is 10.7. The van der Waals surface area contributed by atoms with E-state index in [1.807, 2.05) is 43.0 Å². The van der Waals surface area contributed by atoms with Crippen LogP contribution in [0.5, 0.6) is 11.5 Å². The van der Waals surface area contributed by atoms with Crippen LogP contribution in [0.25, 0.3) is 27.7 Å². The van der Waals surface area contributed by atoms with Crippen LogP contribution in [0, 0.1) is 6.92 Å². The van der Waals surface area contributed by atoms with Gasteiger partial charge in [-0.15, -0.1) is 0 Å². The van der Waals surface area contributed by atoms with Crippen LogP contribution in [-0.2, 0) is 4.79 Å². The lowest BCUT2D eigenvalue weighted by molar-refractivity contribution is -0.126. The molecular formula is C26H29NO4. The number of aryl methyl sites for hydroxylation is 1. The highest BCUT2D eigenvalue weighted by Gasteiger charge is 2.20. The number of hydrogen-bond acceptors (Lipinski definition) is 4. The van der Waals surface area contributed by atoms with E-state index in [1.54, 1.807) is 26.6 Å². The van der Waals surface area contributed by atoms with E-state index in [4.69, 9.17) is 13.9 Å². The highest BCUT2D eigenvalue weighted by molar-refractivity contribution is 6.01. The Bertz CT molecular complexity index is 1140. The maximum absolute atomic E-state index is 12.8. The molecule has 0 radical (unpaired) electrons. The minimum absolute atomic E-state index is 0.0669. The van der Waals surface area contributed by atoms with Gasteiger partial charge in [0.05, 0.1) is 20.5 Å². The van der Waals surface area contributed by atoms with E-state index >= 15 is 0 Å². The summed E-state index contributed by atoms with van der Waals surface area (Å²) in [5, 5.41) is 0.986. The van der Waals surface area contributed by atoms with Gasteiger partial charge in [-0.2, -0.15) is 0 Å². The lowest BCUT2D eigenvalue weighted by Gasteiger charge is -2.25. The van der Waals surface area contributed by atoms with Gasteiger partial charge in [-0.3, -0.25) is 4.79 Å². The van der Waals surface area contributed by atoms with E-state index in [0.717, 1.165) is 76.2 Å². The maximum atomic E-state index is 12.8. The summed E-state index contributed by atoms with van der Waals surface area (Å²) < 4.78 is 17.1. The molecule has 0 saturated carbocycles. The van der Waals surface area contributed by atoms with Crippen LogP contribution in [0.2, 0.25) is 0 Å². The van der Waals surface area contributed by atoms with Gasteiger partial charge >= 0.3 is 0 Å². The minimum Gasteiger partial charge on any atom is -0.497 e. The normalized spacial score (nSPS) is 14.7. The zero-order valence-corrected chi connectivity index (χ0v) is 18.7. The molecule has 0 unspecified atom stereocenters. The van der Waals surface area contributed by atoms with Crippen molar-refractivity contribution >= 4 is 22.4 Å². The summed E-state index contributed by atoms with van der Waals surface area (Å²) >= 11 is 0. The van der Waals surface area contributed by atoms with Crippen LogP contribution in [-0.4, -0.2) is 38.1 Å². The topological polar surface area (TPSA) is 51.9 Å². The molecule has 2 aromatic carbocycles. The van der Waals surface area contributed by atoms with Crippen molar-refractivity contribution in [1.82, 2.24) is 4.90 Å². The quantitative estimate of drug-likeness (QED) is 0.488. The number of allylic oxidation sites excluding steroid dienone is 1. The van der Waals surface area contributed by atoms with E-state index in [9.17, 15) is 4.79 Å². The first-order chi connectivity index (χ1) is 15.0. The molecule has 3 aromatic rings. The molecule has 0 aliphatic carbocycles. The number of nitrogens with zero attached hydrogens (tertiary/aromatic N) is 1. The molecule has 162 valence electrons. The van der Waals surface area contributed by atoms with Crippen molar-refractivity contribution in [2.45, 2.75) is 33.1 Å². The fourth-order valence-corrected chi connectivity index (χ4v) is 4.35. The Labute approximate surface area is 183 Å². The van der Waals surface area contributed by atoms with E-state index in [0.29, 0.717) is 0 Å². The van der Waals surface area contributed by atoms with Crippen molar-refractivity contribution in [3.63, 3.8) is 0 Å². The van der Waals surface area contributed by atoms with E-state index in [1.165, 1.54) is 6.42 Å². The van der Waals surface area contributed by atoms with Gasteiger partial charge in [0, 0.05) is 41.2 Å². The maximum Gasteiger partial charge on any atom is 0.246 e. The standard InChI is InChI=1S/C26H29NO4/c1-17(13-24(28)27-11-6-5-7-12-27)21-15-22-23(19-9-8-10-20(14-19)29-3)16-31-26(22)18(2)25(21)30-4/h8-10,13-16H,5-7,11-12H2,1-4H3/b17-13+. The Kier molecular flexibility index (Phi) is 6.03. The summed E-state index contributed by atoms with van der Waals surface area (Å²) in [6.45, 7) is 5.62. The molecule has 1 saturated heterocycles. The Morgan fingerprint density at radius 1 is 1.10 bits per heavy atom. The molecule has 1 aliphatic heterocycles. The summed E-state index contributed by atoms with van der Waals surface area (Å²) in [6, 6.07) is 9.98. The zero-order chi connectivity index (χ0) is 22.0. The summed E-state index contributed by atoms with van der Waals surface area (Å²) in [4.78, 5) is 14.8. The van der Waals surface area contributed by atoms with Gasteiger partial charge in [-0.1, -0.05) is 12.1 Å². The van der Waals surface area contributed by atoms with Crippen LogP contribution in [0.4, 0.5) is 0 Å². The fraction of sp³-hybridized carbons (Fsp3) is 0.346. The Morgan fingerprint density at radius 3 is 2.58 bits per heavy atom. The predicted molar refractivity (Wildman–Crippen MR) is 124 cm³/mol.